The van der Waals surface area contributed by atoms with E-state index in [-0.39, 0.29) is 22.0 Å². The number of phenolic OH excluding ortho intramolecular Hbond substituents is 1. The van der Waals surface area contributed by atoms with Crippen LogP contribution in [0, 0.1) is 18.2 Å². The number of hydrogen-bond donors (Lipinski definition) is 2. The lowest BCUT2D eigenvalue weighted by atomic mass is 9.96. The van der Waals surface area contributed by atoms with Crippen LogP contribution in [0.1, 0.15) is 0 Å². The zero-order chi connectivity index (χ0) is 26.4. The molecule has 38 heavy (non-hydrogen) atoms. The predicted molar refractivity (Wildman–Crippen MR) is 144 cm³/mol. The summed E-state index contributed by atoms with van der Waals surface area (Å²) < 4.78 is 17.5. The Morgan fingerprint density at radius 1 is 0.974 bits per heavy atom. The van der Waals surface area contributed by atoms with Crippen LogP contribution < -0.4 is 15.9 Å². The van der Waals surface area contributed by atoms with Crippen molar-refractivity contribution in [1.29, 1.82) is 0 Å². The molecule has 1 saturated heterocycles. The van der Waals surface area contributed by atoms with Gasteiger partial charge in [-0.15, -0.1) is 0 Å². The molecule has 6 rings (SSSR count). The summed E-state index contributed by atoms with van der Waals surface area (Å²) in [6, 6.07) is 11.2. The Morgan fingerprint density at radius 2 is 1.71 bits per heavy atom. The molecular formula is C28H22ClFN6O2. The van der Waals surface area contributed by atoms with E-state index in [1.54, 1.807) is 43.7 Å². The van der Waals surface area contributed by atoms with Crippen molar-refractivity contribution in [2.24, 2.45) is 7.05 Å². The van der Waals surface area contributed by atoms with Gasteiger partial charge in [-0.25, -0.2) is 13.8 Å². The number of nitrogens with zero attached hydrogens (tertiary/aromatic N) is 5. The Labute approximate surface area is 222 Å². The zero-order valence-corrected chi connectivity index (χ0v) is 21.1. The number of benzene rings is 3. The first kappa shape index (κ1) is 24.0. The Bertz CT molecular complexity index is 1740. The van der Waals surface area contributed by atoms with Gasteiger partial charge in [-0.05, 0) is 47.5 Å². The molecule has 0 radical (unpaired) electrons. The van der Waals surface area contributed by atoms with E-state index in [0.29, 0.717) is 27.9 Å². The molecule has 0 saturated carbocycles. The van der Waals surface area contributed by atoms with Crippen LogP contribution in [0.3, 0.4) is 0 Å². The maximum absolute atomic E-state index is 15.0. The standard InChI is InChI=1S/C28H22ClFN6O2/c1-34-10-11-36(28(34)38)24-3-2-17(12-22(24)29)20-15-19(30)16-21(27(20)37)18-13-23-26(33-5-4-32-23)25(14-18)35-8-6-31-7-9-35/h2-5,12-16,31,37H,6-9H2,1H3. The molecule has 0 aliphatic carbocycles. The molecular weight excluding hydrogens is 507 g/mol. The van der Waals surface area contributed by atoms with Gasteiger partial charge in [0.2, 0.25) is 0 Å². The number of piperazine rings is 1. The van der Waals surface area contributed by atoms with Crippen LogP contribution >= 0.6 is 11.6 Å². The number of anilines is 1. The van der Waals surface area contributed by atoms with Crippen LogP contribution in [-0.2, 0) is 7.05 Å². The summed E-state index contributed by atoms with van der Waals surface area (Å²) in [4.78, 5) is 23.5. The van der Waals surface area contributed by atoms with Crippen molar-refractivity contribution in [1.82, 2.24) is 24.4 Å². The highest BCUT2D eigenvalue weighted by molar-refractivity contribution is 6.32. The SMILES string of the molecule is Cn1c#cn(-c2ccc(-c3cc(F)cc(-c4cc(N5CCNCC5)c5nccnc5c4)c3O)cc2Cl)c1=O. The minimum absolute atomic E-state index is 0.0958. The number of nitrogens with one attached hydrogen (secondary N) is 1. The molecule has 2 aromatic heterocycles. The minimum Gasteiger partial charge on any atom is -0.507 e. The van der Waals surface area contributed by atoms with E-state index in [2.05, 4.69) is 32.6 Å². The summed E-state index contributed by atoms with van der Waals surface area (Å²) in [6.45, 7) is 3.26. The molecule has 0 unspecified atom stereocenters. The van der Waals surface area contributed by atoms with Gasteiger partial charge in [-0.3, -0.25) is 14.5 Å². The van der Waals surface area contributed by atoms with Crippen molar-refractivity contribution < 1.29 is 9.50 Å². The van der Waals surface area contributed by atoms with Crippen molar-refractivity contribution in [3.63, 3.8) is 0 Å². The van der Waals surface area contributed by atoms with Gasteiger partial charge >= 0.3 is 5.69 Å². The lowest BCUT2D eigenvalue weighted by Gasteiger charge is -2.30. The van der Waals surface area contributed by atoms with E-state index in [1.807, 2.05) is 6.07 Å². The summed E-state index contributed by atoms with van der Waals surface area (Å²) in [7, 11) is 1.57. The maximum Gasteiger partial charge on any atom is 0.347 e. The fourth-order valence-electron chi connectivity index (χ4n) is 4.79. The first-order valence-corrected chi connectivity index (χ1v) is 12.4. The maximum atomic E-state index is 15.0. The average molecular weight is 529 g/mol. The Balaban J connectivity index is 1.48. The highest BCUT2D eigenvalue weighted by Crippen LogP contribution is 2.42. The molecule has 1 aliphatic heterocycles. The number of rotatable bonds is 4. The second-order valence-electron chi connectivity index (χ2n) is 9.07. The molecule has 8 nitrogen and oxygen atoms in total. The van der Waals surface area contributed by atoms with Crippen molar-refractivity contribution in [2.45, 2.75) is 0 Å². The van der Waals surface area contributed by atoms with Gasteiger partial charge in [0.25, 0.3) is 0 Å². The molecule has 1 fully saturated rings. The van der Waals surface area contributed by atoms with Crippen LogP contribution in [0.5, 0.6) is 5.75 Å². The molecule has 1 aliphatic rings. The van der Waals surface area contributed by atoms with Gasteiger partial charge in [0.1, 0.15) is 17.1 Å². The number of phenols is 1. The molecule has 3 heterocycles. The van der Waals surface area contributed by atoms with E-state index in [1.165, 1.54) is 21.3 Å². The van der Waals surface area contributed by atoms with E-state index >= 15 is 4.39 Å². The fraction of sp³-hybridized carbons (Fsp3) is 0.179. The summed E-state index contributed by atoms with van der Waals surface area (Å²) in [6.07, 6.45) is 8.65. The van der Waals surface area contributed by atoms with Gasteiger partial charge in [0.05, 0.1) is 21.9 Å². The van der Waals surface area contributed by atoms with Gasteiger partial charge in [-0.2, -0.15) is 0 Å². The van der Waals surface area contributed by atoms with Crippen molar-refractivity contribution in [3.8, 4) is 33.7 Å². The highest BCUT2D eigenvalue weighted by Gasteiger charge is 2.20. The Hall–Kier alpha value is -4.39. The van der Waals surface area contributed by atoms with Crippen LogP contribution in [0.2, 0.25) is 5.02 Å². The summed E-state index contributed by atoms with van der Waals surface area (Å²) >= 11 is 6.51. The third-order valence-electron chi connectivity index (χ3n) is 6.70. The van der Waals surface area contributed by atoms with E-state index < -0.39 is 5.82 Å². The number of hydrogen-bond acceptors (Lipinski definition) is 6. The predicted octanol–water partition coefficient (Wildman–Crippen LogP) is 3.96. The van der Waals surface area contributed by atoms with E-state index in [4.69, 9.17) is 11.6 Å². The topological polar surface area (TPSA) is 88.2 Å². The molecule has 3 aromatic carbocycles. The van der Waals surface area contributed by atoms with Gasteiger partial charge in [0, 0.05) is 69.1 Å². The average Bonchev–Trinajstić information content (AvgIpc) is 3.27. The van der Waals surface area contributed by atoms with Crippen LogP contribution in [0.4, 0.5) is 10.1 Å². The molecule has 0 atom stereocenters. The summed E-state index contributed by atoms with van der Waals surface area (Å²) in [5, 5.41) is 15.0. The lowest BCUT2D eigenvalue weighted by Crippen LogP contribution is -2.43. The smallest absolute Gasteiger partial charge is 0.347 e. The Kier molecular flexibility index (Phi) is 5.98. The van der Waals surface area contributed by atoms with E-state index in [9.17, 15) is 9.90 Å². The third-order valence-corrected chi connectivity index (χ3v) is 7.01. The lowest BCUT2D eigenvalue weighted by molar-refractivity contribution is 0.477. The molecule has 5 aromatic rings. The largest absolute Gasteiger partial charge is 0.507 e. The first-order chi connectivity index (χ1) is 18.4. The third kappa shape index (κ3) is 4.14. The normalized spacial score (nSPS) is 13.6. The molecule has 10 heteroatoms. The second kappa shape index (κ2) is 9.49. The number of fused-ring (bicyclic) bond motifs is 1. The van der Waals surface area contributed by atoms with Gasteiger partial charge in [0.15, 0.2) is 0 Å². The second-order valence-corrected chi connectivity index (χ2v) is 9.48. The van der Waals surface area contributed by atoms with Crippen LogP contribution in [0.25, 0.3) is 39.0 Å². The molecule has 0 amide bonds. The summed E-state index contributed by atoms with van der Waals surface area (Å²) in [5.74, 6) is -0.611. The Morgan fingerprint density at radius 3 is 2.42 bits per heavy atom. The van der Waals surface area contributed by atoms with Gasteiger partial charge in [-0.1, -0.05) is 17.7 Å². The monoisotopic (exact) mass is 528 g/mol. The van der Waals surface area contributed by atoms with Crippen molar-refractivity contribution in [2.75, 3.05) is 31.1 Å². The number of halogens is 2. The molecule has 190 valence electrons. The highest BCUT2D eigenvalue weighted by atomic mass is 35.5. The van der Waals surface area contributed by atoms with E-state index in [0.717, 1.165) is 37.4 Å². The fourth-order valence-corrected chi connectivity index (χ4v) is 5.05. The van der Waals surface area contributed by atoms with Crippen LogP contribution in [-0.4, -0.2) is 50.4 Å². The van der Waals surface area contributed by atoms with Crippen molar-refractivity contribution in [3.05, 3.63) is 88.6 Å². The number of aromatic nitrogens is 4. The van der Waals surface area contributed by atoms with Crippen molar-refractivity contribution >= 4 is 28.3 Å². The number of aromatic hydroxyl groups is 1. The van der Waals surface area contributed by atoms with Gasteiger partial charge < -0.3 is 15.3 Å². The van der Waals surface area contributed by atoms with Crippen LogP contribution in [0.15, 0.2) is 59.7 Å². The molecule has 0 spiro atoms. The first-order valence-electron chi connectivity index (χ1n) is 12.0. The molecule has 2 N–H and O–H groups in total. The summed E-state index contributed by atoms with van der Waals surface area (Å²) in [5.41, 5.74) is 4.04. The molecule has 0 bridgehead atoms. The zero-order valence-electron chi connectivity index (χ0n) is 20.4. The minimum atomic E-state index is -0.516. The quantitative estimate of drug-likeness (QED) is 0.367.